The van der Waals surface area contributed by atoms with Crippen LogP contribution in [0, 0.1) is 5.82 Å². The van der Waals surface area contributed by atoms with E-state index in [-0.39, 0.29) is 11.3 Å². The van der Waals surface area contributed by atoms with Crippen molar-refractivity contribution in [3.63, 3.8) is 0 Å². The normalized spacial score (nSPS) is 10.6. The minimum atomic E-state index is -1.64. The van der Waals surface area contributed by atoms with Gasteiger partial charge in [-0.15, -0.1) is 0 Å². The molecule has 0 heterocycles. The van der Waals surface area contributed by atoms with Gasteiger partial charge in [0.15, 0.2) is 17.9 Å². The van der Waals surface area contributed by atoms with E-state index in [0.717, 1.165) is 6.07 Å². The summed E-state index contributed by atoms with van der Waals surface area (Å²) >= 11 is 0. The first kappa shape index (κ1) is 11.6. The maximum absolute atomic E-state index is 13.4. The fraction of sp³-hybridized carbons (Fsp3) is 0.0769. The van der Waals surface area contributed by atoms with Crippen LogP contribution in [-0.2, 0) is 0 Å². The summed E-state index contributed by atoms with van der Waals surface area (Å²) in [6.45, 7) is 0. The number of hydrogen-bond donors (Lipinski definition) is 2. The number of rotatable bonds is 3. The molecule has 0 fully saturated rings. The summed E-state index contributed by atoms with van der Waals surface area (Å²) in [6, 6.07) is 12.4. The Morgan fingerprint density at radius 3 is 2.35 bits per heavy atom. The Bertz CT molecular complexity index is 497. The Hall–Kier alpha value is -1.91. The molecule has 0 saturated heterocycles. The van der Waals surface area contributed by atoms with Crippen molar-refractivity contribution in [3.05, 3.63) is 59.9 Å². The summed E-state index contributed by atoms with van der Waals surface area (Å²) in [6.07, 6.45) is -1.64. The van der Waals surface area contributed by atoms with Crippen molar-refractivity contribution in [1.82, 2.24) is 0 Å². The van der Waals surface area contributed by atoms with Crippen LogP contribution in [0.1, 0.15) is 11.9 Å². The van der Waals surface area contributed by atoms with Gasteiger partial charge < -0.3 is 14.9 Å². The molecule has 0 radical (unpaired) electrons. The van der Waals surface area contributed by atoms with Crippen LogP contribution in [0.25, 0.3) is 0 Å². The molecule has 0 aliphatic carbocycles. The van der Waals surface area contributed by atoms with Crippen LogP contribution in [0.15, 0.2) is 48.5 Å². The molecule has 0 aliphatic rings. The second kappa shape index (κ2) is 4.95. The summed E-state index contributed by atoms with van der Waals surface area (Å²) in [7, 11) is 0. The molecule has 0 aromatic heterocycles. The van der Waals surface area contributed by atoms with Crippen molar-refractivity contribution < 1.29 is 19.3 Å². The average molecular weight is 234 g/mol. The Morgan fingerprint density at radius 2 is 1.71 bits per heavy atom. The summed E-state index contributed by atoms with van der Waals surface area (Å²) in [5, 5.41) is 18.0. The Kier molecular flexibility index (Phi) is 3.37. The largest absolute Gasteiger partial charge is 0.454 e. The number of halogens is 1. The van der Waals surface area contributed by atoms with E-state index >= 15 is 0 Å². The number of benzene rings is 2. The van der Waals surface area contributed by atoms with Gasteiger partial charge in [-0.25, -0.2) is 4.39 Å². The van der Waals surface area contributed by atoms with Crippen LogP contribution in [0.3, 0.4) is 0 Å². The van der Waals surface area contributed by atoms with Crippen molar-refractivity contribution in [2.45, 2.75) is 6.29 Å². The molecule has 0 bridgehead atoms. The predicted octanol–water partition coefficient (Wildman–Crippen LogP) is 2.60. The molecule has 88 valence electrons. The second-order valence-electron chi connectivity index (χ2n) is 3.48. The summed E-state index contributed by atoms with van der Waals surface area (Å²) in [5.74, 6) is -0.115. The third-order valence-corrected chi connectivity index (χ3v) is 2.22. The van der Waals surface area contributed by atoms with E-state index in [2.05, 4.69) is 0 Å². The quantitative estimate of drug-likeness (QED) is 0.802. The van der Waals surface area contributed by atoms with Crippen LogP contribution in [0.2, 0.25) is 0 Å². The maximum Gasteiger partial charge on any atom is 0.178 e. The smallest absolute Gasteiger partial charge is 0.178 e. The van der Waals surface area contributed by atoms with Crippen molar-refractivity contribution in [2.75, 3.05) is 0 Å². The lowest BCUT2D eigenvalue weighted by atomic mass is 10.2. The molecule has 17 heavy (non-hydrogen) atoms. The van der Waals surface area contributed by atoms with Crippen LogP contribution in [-0.4, -0.2) is 10.2 Å². The van der Waals surface area contributed by atoms with Crippen LogP contribution in [0.5, 0.6) is 11.5 Å². The summed E-state index contributed by atoms with van der Waals surface area (Å²) in [5.41, 5.74) is 0.178. The molecule has 0 unspecified atom stereocenters. The highest BCUT2D eigenvalue weighted by atomic mass is 19.1. The second-order valence-corrected chi connectivity index (χ2v) is 3.48. The molecule has 2 rings (SSSR count). The fourth-order valence-corrected chi connectivity index (χ4v) is 1.37. The van der Waals surface area contributed by atoms with Crippen LogP contribution >= 0.6 is 0 Å². The highest BCUT2D eigenvalue weighted by molar-refractivity contribution is 5.35. The zero-order valence-corrected chi connectivity index (χ0v) is 8.88. The first-order valence-electron chi connectivity index (χ1n) is 5.05. The molecule has 3 nitrogen and oxygen atoms in total. The van der Waals surface area contributed by atoms with Crippen LogP contribution < -0.4 is 4.74 Å². The standard InChI is InChI=1S/C13H11FO3/c14-11-7-6-9(13(15)16)8-12(11)17-10-4-2-1-3-5-10/h1-8,13,15-16H. The SMILES string of the molecule is OC(O)c1ccc(F)c(Oc2ccccc2)c1. The highest BCUT2D eigenvalue weighted by Crippen LogP contribution is 2.26. The van der Waals surface area contributed by atoms with E-state index in [1.54, 1.807) is 24.3 Å². The first-order chi connectivity index (χ1) is 8.16. The van der Waals surface area contributed by atoms with Gasteiger partial charge in [-0.05, 0) is 24.3 Å². The van der Waals surface area contributed by atoms with Gasteiger partial charge in [-0.2, -0.15) is 0 Å². The lowest BCUT2D eigenvalue weighted by molar-refractivity contribution is -0.0426. The van der Waals surface area contributed by atoms with Crippen LogP contribution in [0.4, 0.5) is 4.39 Å². The van der Waals surface area contributed by atoms with Gasteiger partial charge in [0.25, 0.3) is 0 Å². The van der Waals surface area contributed by atoms with Gasteiger partial charge in [0, 0.05) is 5.56 Å². The molecule has 0 saturated carbocycles. The Labute approximate surface area is 97.7 Å². The predicted molar refractivity (Wildman–Crippen MR) is 60.1 cm³/mol. The van der Waals surface area contributed by atoms with E-state index in [1.807, 2.05) is 6.07 Å². The highest BCUT2D eigenvalue weighted by Gasteiger charge is 2.09. The van der Waals surface area contributed by atoms with E-state index < -0.39 is 12.1 Å². The number of para-hydroxylation sites is 1. The third-order valence-electron chi connectivity index (χ3n) is 2.22. The zero-order valence-electron chi connectivity index (χ0n) is 8.88. The van der Waals surface area contributed by atoms with Gasteiger partial charge >= 0.3 is 0 Å². The molecule has 0 atom stereocenters. The van der Waals surface area contributed by atoms with E-state index in [4.69, 9.17) is 14.9 Å². The maximum atomic E-state index is 13.4. The number of aliphatic hydroxyl groups is 2. The molecule has 0 spiro atoms. The monoisotopic (exact) mass is 234 g/mol. The van der Waals surface area contributed by atoms with Crippen molar-refractivity contribution >= 4 is 0 Å². The minimum absolute atomic E-state index is 0.0400. The van der Waals surface area contributed by atoms with E-state index in [0.29, 0.717) is 5.75 Å². The van der Waals surface area contributed by atoms with Gasteiger partial charge in [0.05, 0.1) is 0 Å². The van der Waals surface area contributed by atoms with Crippen molar-refractivity contribution in [2.24, 2.45) is 0 Å². The molecule has 0 amide bonds. The lowest BCUT2D eigenvalue weighted by Crippen LogP contribution is -1.97. The molecule has 2 N–H and O–H groups in total. The number of aliphatic hydroxyl groups excluding tert-OH is 1. The molecule has 4 heteroatoms. The van der Waals surface area contributed by atoms with Gasteiger partial charge in [0.2, 0.25) is 0 Å². The Balaban J connectivity index is 2.29. The third kappa shape index (κ3) is 2.81. The summed E-state index contributed by atoms with van der Waals surface area (Å²) in [4.78, 5) is 0. The minimum Gasteiger partial charge on any atom is -0.454 e. The summed E-state index contributed by atoms with van der Waals surface area (Å²) < 4.78 is 18.7. The molecule has 2 aromatic rings. The number of ether oxygens (including phenoxy) is 1. The molecular weight excluding hydrogens is 223 g/mol. The first-order valence-corrected chi connectivity index (χ1v) is 5.05. The van der Waals surface area contributed by atoms with E-state index in [1.165, 1.54) is 12.1 Å². The van der Waals surface area contributed by atoms with Crippen molar-refractivity contribution in [3.8, 4) is 11.5 Å². The van der Waals surface area contributed by atoms with Gasteiger partial charge in [-0.1, -0.05) is 24.3 Å². The zero-order chi connectivity index (χ0) is 12.3. The number of hydrogen-bond acceptors (Lipinski definition) is 3. The average Bonchev–Trinajstić information content (AvgIpc) is 2.33. The molecular formula is C13H11FO3. The Morgan fingerprint density at radius 1 is 1.00 bits per heavy atom. The molecule has 0 aliphatic heterocycles. The molecule has 2 aromatic carbocycles. The van der Waals surface area contributed by atoms with E-state index in [9.17, 15) is 4.39 Å². The van der Waals surface area contributed by atoms with Gasteiger partial charge in [0.1, 0.15) is 5.75 Å². The fourth-order valence-electron chi connectivity index (χ4n) is 1.37. The van der Waals surface area contributed by atoms with Gasteiger partial charge in [-0.3, -0.25) is 0 Å². The van der Waals surface area contributed by atoms with Crippen molar-refractivity contribution in [1.29, 1.82) is 0 Å². The topological polar surface area (TPSA) is 49.7 Å². The lowest BCUT2D eigenvalue weighted by Gasteiger charge is -2.09.